The van der Waals surface area contributed by atoms with Crippen LogP contribution in [0.4, 0.5) is 0 Å². The minimum atomic E-state index is 0.378. The van der Waals surface area contributed by atoms with Gasteiger partial charge >= 0.3 is 0 Å². The van der Waals surface area contributed by atoms with Crippen LogP contribution in [0.15, 0.2) is 30.5 Å². The van der Waals surface area contributed by atoms with Crippen LogP contribution >= 0.6 is 0 Å². The first-order valence-electron chi connectivity index (χ1n) is 8.73. The topological polar surface area (TPSA) is 39.5 Å². The number of nitrogens with zero attached hydrogens (tertiary/aromatic N) is 3. The maximum absolute atomic E-state index is 5.73. The van der Waals surface area contributed by atoms with E-state index in [4.69, 9.17) is 14.6 Å². The molecule has 1 aliphatic rings. The molecule has 1 aromatic carbocycles. The van der Waals surface area contributed by atoms with Gasteiger partial charge in [-0.3, -0.25) is 9.58 Å². The van der Waals surface area contributed by atoms with Gasteiger partial charge in [0.25, 0.3) is 0 Å². The van der Waals surface area contributed by atoms with Gasteiger partial charge in [0.15, 0.2) is 0 Å². The van der Waals surface area contributed by atoms with Crippen LogP contribution in [-0.4, -0.2) is 41.5 Å². The number of hydrogen-bond donors (Lipinski definition) is 0. The number of aryl methyl sites for hydroxylation is 1. The minimum Gasteiger partial charge on any atom is -0.496 e. The van der Waals surface area contributed by atoms with E-state index in [0.29, 0.717) is 5.92 Å². The lowest BCUT2D eigenvalue weighted by atomic mass is 9.95. The van der Waals surface area contributed by atoms with Crippen molar-refractivity contribution in [3.63, 3.8) is 0 Å². The lowest BCUT2D eigenvalue weighted by Gasteiger charge is -2.32. The summed E-state index contributed by atoms with van der Waals surface area (Å²) < 4.78 is 13.3. The number of fused-ring (bicyclic) bond motifs is 1. The van der Waals surface area contributed by atoms with Gasteiger partial charge in [-0.2, -0.15) is 5.10 Å². The summed E-state index contributed by atoms with van der Waals surface area (Å²) >= 11 is 0. The molecule has 1 atom stereocenters. The number of methoxy groups -OCH3 is 1. The first-order chi connectivity index (χ1) is 11.7. The maximum atomic E-state index is 5.73. The molecule has 0 radical (unpaired) electrons. The molecule has 0 N–H and O–H groups in total. The van der Waals surface area contributed by atoms with Crippen molar-refractivity contribution in [2.75, 3.05) is 26.9 Å². The summed E-state index contributed by atoms with van der Waals surface area (Å²) in [6.45, 7) is 9.31. The molecule has 0 amide bonds. The Morgan fingerprint density at radius 1 is 1.25 bits per heavy atom. The van der Waals surface area contributed by atoms with Crippen molar-refractivity contribution in [1.82, 2.24) is 14.7 Å². The number of benzene rings is 1. The summed E-state index contributed by atoms with van der Waals surface area (Å²) in [6.07, 6.45) is 2.19. The molecule has 3 rings (SSSR count). The van der Waals surface area contributed by atoms with E-state index in [1.54, 1.807) is 7.11 Å². The van der Waals surface area contributed by atoms with E-state index in [1.807, 2.05) is 23.7 Å². The summed E-state index contributed by atoms with van der Waals surface area (Å²) in [5, 5.41) is 4.75. The van der Waals surface area contributed by atoms with Gasteiger partial charge in [0, 0.05) is 56.0 Å². The van der Waals surface area contributed by atoms with Gasteiger partial charge in [0.1, 0.15) is 5.75 Å². The summed E-state index contributed by atoms with van der Waals surface area (Å²) in [5.74, 6) is 1.33. The summed E-state index contributed by atoms with van der Waals surface area (Å²) in [7, 11) is 1.73. The SMILES string of the molecule is CCOC[C@@H]1CN(Cc2ccccc2OC)Cc2nn(CC)cc21. The van der Waals surface area contributed by atoms with Gasteiger partial charge in [-0.25, -0.2) is 0 Å². The molecule has 24 heavy (non-hydrogen) atoms. The van der Waals surface area contributed by atoms with E-state index in [1.165, 1.54) is 16.8 Å². The highest BCUT2D eigenvalue weighted by Gasteiger charge is 2.28. The molecule has 0 fully saturated rings. The average Bonchev–Trinajstić information content (AvgIpc) is 3.03. The fourth-order valence-corrected chi connectivity index (χ4v) is 3.39. The second-order valence-electron chi connectivity index (χ2n) is 6.22. The third-order valence-corrected chi connectivity index (χ3v) is 4.60. The van der Waals surface area contributed by atoms with Gasteiger partial charge in [-0.05, 0) is 19.9 Å². The van der Waals surface area contributed by atoms with Crippen molar-refractivity contribution in [3.8, 4) is 5.75 Å². The van der Waals surface area contributed by atoms with Crippen LogP contribution in [0.25, 0.3) is 0 Å². The Balaban J connectivity index is 1.80. The Bertz CT molecular complexity index is 668. The van der Waals surface area contributed by atoms with E-state index in [9.17, 15) is 0 Å². The molecular weight excluding hydrogens is 302 g/mol. The molecule has 0 saturated heterocycles. The Hall–Kier alpha value is -1.85. The second-order valence-corrected chi connectivity index (χ2v) is 6.22. The lowest BCUT2D eigenvalue weighted by molar-refractivity contribution is 0.104. The summed E-state index contributed by atoms with van der Waals surface area (Å²) in [5.41, 5.74) is 3.75. The largest absolute Gasteiger partial charge is 0.496 e. The van der Waals surface area contributed by atoms with Crippen LogP contribution in [0.1, 0.15) is 36.6 Å². The van der Waals surface area contributed by atoms with Crippen LogP contribution in [0.5, 0.6) is 5.75 Å². The highest BCUT2D eigenvalue weighted by atomic mass is 16.5. The van der Waals surface area contributed by atoms with Crippen molar-refractivity contribution < 1.29 is 9.47 Å². The highest BCUT2D eigenvalue weighted by Crippen LogP contribution is 2.30. The predicted molar refractivity (Wildman–Crippen MR) is 94.2 cm³/mol. The van der Waals surface area contributed by atoms with Crippen LogP contribution in [0.3, 0.4) is 0 Å². The molecule has 0 bridgehead atoms. The minimum absolute atomic E-state index is 0.378. The smallest absolute Gasteiger partial charge is 0.123 e. The van der Waals surface area contributed by atoms with Crippen molar-refractivity contribution in [2.24, 2.45) is 0 Å². The van der Waals surface area contributed by atoms with Gasteiger partial charge in [-0.1, -0.05) is 18.2 Å². The predicted octanol–water partition coefficient (Wildman–Crippen LogP) is 3.05. The average molecular weight is 329 g/mol. The van der Waals surface area contributed by atoms with Crippen LogP contribution in [0.2, 0.25) is 0 Å². The molecule has 5 nitrogen and oxygen atoms in total. The number of ether oxygens (including phenoxy) is 2. The zero-order valence-electron chi connectivity index (χ0n) is 14.9. The zero-order chi connectivity index (χ0) is 16.9. The Labute approximate surface area is 144 Å². The molecule has 0 saturated carbocycles. The summed E-state index contributed by atoms with van der Waals surface area (Å²) in [4.78, 5) is 2.44. The second kappa shape index (κ2) is 7.81. The first kappa shape index (κ1) is 17.0. The molecule has 0 unspecified atom stereocenters. The number of aromatic nitrogens is 2. The summed E-state index contributed by atoms with van der Waals surface area (Å²) in [6, 6.07) is 8.24. The normalized spacial score (nSPS) is 17.7. The van der Waals surface area contributed by atoms with Crippen molar-refractivity contribution in [2.45, 2.75) is 39.4 Å². The van der Waals surface area contributed by atoms with Crippen LogP contribution in [0, 0.1) is 0 Å². The van der Waals surface area contributed by atoms with Gasteiger partial charge in [0.2, 0.25) is 0 Å². The monoisotopic (exact) mass is 329 g/mol. The van der Waals surface area contributed by atoms with Gasteiger partial charge in [-0.15, -0.1) is 0 Å². The third-order valence-electron chi connectivity index (χ3n) is 4.60. The molecule has 130 valence electrons. The van der Waals surface area contributed by atoms with E-state index in [0.717, 1.165) is 45.1 Å². The third kappa shape index (κ3) is 3.62. The molecule has 2 heterocycles. The van der Waals surface area contributed by atoms with E-state index in [-0.39, 0.29) is 0 Å². The van der Waals surface area contributed by atoms with Crippen molar-refractivity contribution in [3.05, 3.63) is 47.3 Å². The quantitative estimate of drug-likeness (QED) is 0.783. The van der Waals surface area contributed by atoms with E-state index >= 15 is 0 Å². The molecule has 1 aliphatic heterocycles. The molecule has 0 spiro atoms. The van der Waals surface area contributed by atoms with Crippen molar-refractivity contribution in [1.29, 1.82) is 0 Å². The molecule has 2 aromatic rings. The fourth-order valence-electron chi connectivity index (χ4n) is 3.39. The maximum Gasteiger partial charge on any atom is 0.123 e. The zero-order valence-corrected chi connectivity index (χ0v) is 14.9. The lowest BCUT2D eigenvalue weighted by Crippen LogP contribution is -2.34. The molecule has 1 aromatic heterocycles. The van der Waals surface area contributed by atoms with Crippen LogP contribution < -0.4 is 4.74 Å². The number of rotatable bonds is 7. The van der Waals surface area contributed by atoms with Gasteiger partial charge in [0.05, 0.1) is 19.4 Å². The Kier molecular flexibility index (Phi) is 5.53. The fraction of sp³-hybridized carbons (Fsp3) is 0.526. The highest BCUT2D eigenvalue weighted by molar-refractivity contribution is 5.34. The Morgan fingerprint density at radius 2 is 2.08 bits per heavy atom. The molecule has 5 heteroatoms. The van der Waals surface area contributed by atoms with Crippen molar-refractivity contribution >= 4 is 0 Å². The molecule has 0 aliphatic carbocycles. The molecular formula is C19H27N3O2. The van der Waals surface area contributed by atoms with Crippen LogP contribution in [-0.2, 0) is 24.4 Å². The Morgan fingerprint density at radius 3 is 2.83 bits per heavy atom. The first-order valence-corrected chi connectivity index (χ1v) is 8.73. The standard InChI is InChI=1S/C19H27N3O2/c1-4-22-12-17-16(14-24-5-2)11-21(13-18(17)20-22)10-15-8-6-7-9-19(15)23-3/h6-9,12,16H,4-5,10-11,13-14H2,1-3H3/t16-/m0/s1. The number of para-hydroxylation sites is 1. The van der Waals surface area contributed by atoms with E-state index in [2.05, 4.69) is 30.2 Å². The van der Waals surface area contributed by atoms with E-state index < -0.39 is 0 Å². The van der Waals surface area contributed by atoms with Gasteiger partial charge < -0.3 is 9.47 Å². The number of hydrogen-bond acceptors (Lipinski definition) is 4.